The summed E-state index contributed by atoms with van der Waals surface area (Å²) in [5.74, 6) is 0. The van der Waals surface area contributed by atoms with Crippen molar-refractivity contribution >= 4 is 14.2 Å². The Morgan fingerprint density at radius 1 is 1.20 bits per heavy atom. The summed E-state index contributed by atoms with van der Waals surface area (Å²) in [4.78, 5) is 0. The molecule has 2 N–H and O–H groups in total. The van der Waals surface area contributed by atoms with Gasteiger partial charge in [0.1, 0.15) is 0 Å². The Labute approximate surface area is 34.6 Å². The van der Waals surface area contributed by atoms with Crippen LogP contribution in [-0.2, 0) is 0 Å². The summed E-state index contributed by atoms with van der Waals surface area (Å²) < 4.78 is 16.5. The molecule has 0 aromatic heterocycles. The maximum atomic E-state index is 8.25. The number of hydrogen-bond acceptors (Lipinski definition) is 2. The molecule has 0 atom stereocenters. The van der Waals surface area contributed by atoms with Crippen LogP contribution < -0.4 is 0 Å². The van der Waals surface area contributed by atoms with Crippen molar-refractivity contribution in [3.63, 3.8) is 0 Å². The van der Waals surface area contributed by atoms with E-state index in [9.17, 15) is 0 Å². The predicted molar refractivity (Wildman–Crippen MR) is 21.9 cm³/mol. The van der Waals surface area contributed by atoms with E-state index in [0.29, 0.717) is 0 Å². The van der Waals surface area contributed by atoms with E-state index < -0.39 is 14.2 Å². The minimum atomic E-state index is -2.88. The van der Waals surface area contributed by atoms with E-state index in [0.717, 1.165) is 0 Å². The molecule has 0 aliphatic heterocycles. The van der Waals surface area contributed by atoms with Crippen molar-refractivity contribution < 1.29 is 8.19 Å². The molecule has 2 nitrogen and oxygen atoms in total. The molecule has 0 aliphatic rings. The molecular weight excluding hydrogens is 131 g/mol. The Hall–Kier alpha value is 0.478. The zero-order valence-electron chi connectivity index (χ0n) is 3.34. The van der Waals surface area contributed by atoms with Crippen molar-refractivity contribution in [3.05, 3.63) is 0 Å². The fourth-order valence-corrected chi connectivity index (χ4v) is 0. The molecule has 0 aliphatic carbocycles. The average molecular weight is 139 g/mol. The first-order valence-electron chi connectivity index (χ1n) is 1.29. The molecule has 0 unspecified atom stereocenters. The van der Waals surface area contributed by atoms with Crippen LogP contribution in [0.1, 0.15) is 0 Å². The van der Waals surface area contributed by atoms with Gasteiger partial charge in [-0.05, 0) is 0 Å². The summed E-state index contributed by atoms with van der Waals surface area (Å²) in [5, 5.41) is 0. The molecule has 3 heteroatoms. The molecule has 0 fully saturated rings. The fraction of sp³-hybridized carbons (Fsp3) is 1.00. The van der Waals surface area contributed by atoms with E-state index in [1.807, 2.05) is 0 Å². The van der Waals surface area contributed by atoms with Crippen molar-refractivity contribution in [2.45, 2.75) is 11.4 Å². The monoisotopic (exact) mass is 139 g/mol. The van der Waals surface area contributed by atoms with Gasteiger partial charge in [-0.15, -0.1) is 0 Å². The molecule has 0 amide bonds. The Bertz CT molecular complexity index is 23.1. The summed E-state index contributed by atoms with van der Waals surface area (Å²) in [6.07, 6.45) is 0. The average Bonchev–Trinajstić information content (AvgIpc) is 0.722. The molecule has 0 bridgehead atoms. The molecule has 0 spiro atoms. The van der Waals surface area contributed by atoms with Crippen molar-refractivity contribution in [3.8, 4) is 0 Å². The molecule has 0 heterocycles. The van der Waals surface area contributed by atoms with Gasteiger partial charge in [0, 0.05) is 0 Å². The van der Waals surface area contributed by atoms with Gasteiger partial charge < -0.3 is 0 Å². The summed E-state index contributed by atoms with van der Waals surface area (Å²) in [7, 11) is 0. The van der Waals surface area contributed by atoms with Gasteiger partial charge in [-0.2, -0.15) is 0 Å². The molecule has 0 rings (SSSR count). The van der Waals surface area contributed by atoms with Crippen LogP contribution in [0.25, 0.3) is 0 Å². The molecule has 5 heavy (non-hydrogen) atoms. The van der Waals surface area contributed by atoms with Crippen LogP contribution in [0, 0.1) is 0 Å². The number of rotatable bonds is 0. The van der Waals surface area contributed by atoms with Crippen molar-refractivity contribution in [1.82, 2.24) is 0 Å². The quantitative estimate of drug-likeness (QED) is 0.451. The van der Waals surface area contributed by atoms with Crippen molar-refractivity contribution in [2.24, 2.45) is 0 Å². The van der Waals surface area contributed by atoms with Gasteiger partial charge >= 0.3 is 33.8 Å². The van der Waals surface area contributed by atoms with Crippen LogP contribution in [0.2, 0.25) is 11.4 Å². The van der Waals surface area contributed by atoms with E-state index in [1.54, 1.807) is 0 Å². The Morgan fingerprint density at radius 3 is 1.20 bits per heavy atom. The zero-order valence-corrected chi connectivity index (χ0v) is 5.22. The van der Waals surface area contributed by atoms with E-state index in [4.69, 9.17) is 8.19 Å². The van der Waals surface area contributed by atoms with Gasteiger partial charge in [-0.25, -0.2) is 0 Å². The molecule has 0 aromatic rings. The van der Waals surface area contributed by atoms with Gasteiger partial charge in [-0.1, -0.05) is 0 Å². The minimum absolute atomic E-state index is 1.47. The molecule has 32 valence electrons. The third-order valence-electron chi connectivity index (χ3n) is 0. The van der Waals surface area contributed by atoms with Gasteiger partial charge in [0.25, 0.3) is 0 Å². The summed E-state index contributed by atoms with van der Waals surface area (Å²) in [6, 6.07) is 0. The maximum absolute atomic E-state index is 8.25. The van der Waals surface area contributed by atoms with Crippen molar-refractivity contribution in [1.29, 1.82) is 0 Å². The summed E-state index contributed by atoms with van der Waals surface area (Å²) >= 11 is -2.88. The molecule has 0 aromatic carbocycles. The first-order valence-corrected chi connectivity index (χ1v) is 6.73. The Morgan fingerprint density at radius 2 is 1.20 bits per heavy atom. The van der Waals surface area contributed by atoms with E-state index in [1.165, 1.54) is 11.4 Å². The predicted octanol–water partition coefficient (Wildman–Crippen LogP) is -0.327. The normalized spacial score (nSPS) is 12.0. The Kier molecular flexibility index (Phi) is 1.41. The summed E-state index contributed by atoms with van der Waals surface area (Å²) in [6.45, 7) is 0. The van der Waals surface area contributed by atoms with Crippen LogP contribution in [0.15, 0.2) is 0 Å². The fourth-order valence-electron chi connectivity index (χ4n) is 0. The topological polar surface area (TPSA) is 40.5 Å². The van der Waals surface area contributed by atoms with Crippen molar-refractivity contribution in [2.75, 3.05) is 0 Å². The van der Waals surface area contributed by atoms with Crippen LogP contribution in [-0.4, -0.2) is 22.4 Å². The Balaban J connectivity index is 3.02. The van der Waals surface area contributed by atoms with E-state index >= 15 is 0 Å². The van der Waals surface area contributed by atoms with E-state index in [-0.39, 0.29) is 0 Å². The standard InChI is InChI=1S/C2H8AsO2/c1-3(2,4)5/h4-5H,1-2H3/q+1. The van der Waals surface area contributed by atoms with Crippen LogP contribution in [0.3, 0.4) is 0 Å². The molecule has 0 saturated carbocycles. The molecule has 0 radical (unpaired) electrons. The second-order valence-corrected chi connectivity index (χ2v) is 6.95. The van der Waals surface area contributed by atoms with Gasteiger partial charge in [-0.3, -0.25) is 0 Å². The summed E-state index contributed by atoms with van der Waals surface area (Å²) in [5.41, 5.74) is 2.94. The second-order valence-electron chi connectivity index (χ2n) is 1.34. The number of hydrogen-bond donors (Lipinski definition) is 2. The van der Waals surface area contributed by atoms with Crippen LogP contribution >= 0.6 is 0 Å². The SMILES string of the molecule is C[As+](C)(O)O. The van der Waals surface area contributed by atoms with Gasteiger partial charge in [0.2, 0.25) is 0 Å². The van der Waals surface area contributed by atoms with Crippen LogP contribution in [0.4, 0.5) is 0 Å². The zero-order chi connectivity index (χ0) is 4.50. The van der Waals surface area contributed by atoms with E-state index in [2.05, 4.69) is 0 Å². The first kappa shape index (κ1) is 5.48. The van der Waals surface area contributed by atoms with Gasteiger partial charge in [0.05, 0.1) is 0 Å². The van der Waals surface area contributed by atoms with Gasteiger partial charge in [0.15, 0.2) is 0 Å². The van der Waals surface area contributed by atoms with Crippen LogP contribution in [0.5, 0.6) is 0 Å². The third-order valence-corrected chi connectivity index (χ3v) is 0. The second kappa shape index (κ2) is 1.29. The molecule has 0 saturated heterocycles. The first-order chi connectivity index (χ1) is 2.00. The third kappa shape index (κ3) is 120. The molecular formula is C2H8AsO2+.